The summed E-state index contributed by atoms with van der Waals surface area (Å²) in [5, 5.41) is 1.42. The lowest BCUT2D eigenvalue weighted by Crippen LogP contribution is -2.22. The number of benzene rings is 1. The molecule has 0 aliphatic carbocycles. The number of para-hydroxylation sites is 1. The Morgan fingerprint density at radius 3 is 2.58 bits per heavy atom. The average Bonchev–Trinajstić information content (AvgIpc) is 2.54. The number of halogens is 1. The molecule has 62 valence electrons. The topological polar surface area (TPSA) is 15.3 Å². The summed E-state index contributed by atoms with van der Waals surface area (Å²) in [5.41, 5.74) is 0.928. The second-order valence-corrected chi connectivity index (χ2v) is 3.11. The van der Waals surface area contributed by atoms with Crippen LogP contribution in [0, 0.1) is 0 Å². The Labute approximate surface area is 74.2 Å². The zero-order valence-corrected chi connectivity index (χ0v) is 7.01. The quantitative estimate of drug-likeness (QED) is 0.671. The number of hydrogen-bond donors (Lipinski definition) is 1. The summed E-state index contributed by atoms with van der Waals surface area (Å²) in [7, 11) is 0. The molecular formula is C8H7FN2S. The van der Waals surface area contributed by atoms with Crippen LogP contribution in [-0.4, -0.2) is 0 Å². The van der Waals surface area contributed by atoms with Gasteiger partial charge < -0.3 is 0 Å². The summed E-state index contributed by atoms with van der Waals surface area (Å²) in [6, 6.07) is 9.55. The third kappa shape index (κ3) is 1.44. The van der Waals surface area contributed by atoms with E-state index in [4.69, 9.17) is 0 Å². The molecule has 1 N–H and O–H groups in total. The number of nitrogens with one attached hydrogen (secondary N) is 1. The molecule has 2 rings (SSSR count). The summed E-state index contributed by atoms with van der Waals surface area (Å²) in [5.74, 6) is 0. The van der Waals surface area contributed by atoms with Crippen LogP contribution >= 0.6 is 11.9 Å². The number of hydrazine groups is 1. The van der Waals surface area contributed by atoms with Gasteiger partial charge in [0, 0.05) is 11.9 Å². The van der Waals surface area contributed by atoms with E-state index in [1.165, 1.54) is 6.20 Å². The number of nitrogens with zero attached hydrogens (tertiary/aromatic N) is 1. The van der Waals surface area contributed by atoms with E-state index in [-0.39, 0.29) is 5.16 Å². The van der Waals surface area contributed by atoms with Gasteiger partial charge in [-0.25, -0.2) is 0 Å². The number of hydrogen-bond acceptors (Lipinski definition) is 3. The van der Waals surface area contributed by atoms with Gasteiger partial charge in [0.25, 0.3) is 0 Å². The van der Waals surface area contributed by atoms with Gasteiger partial charge in [0.15, 0.2) is 5.16 Å². The van der Waals surface area contributed by atoms with E-state index in [1.54, 1.807) is 5.01 Å². The fraction of sp³-hybridized carbons (Fsp3) is 0. The molecule has 0 atom stereocenters. The second kappa shape index (κ2) is 3.16. The summed E-state index contributed by atoms with van der Waals surface area (Å²) in [6.07, 6.45) is 1.42. The predicted octanol–water partition coefficient (Wildman–Crippen LogP) is 2.43. The van der Waals surface area contributed by atoms with Crippen molar-refractivity contribution in [3.8, 4) is 0 Å². The molecule has 0 spiro atoms. The monoisotopic (exact) mass is 182 g/mol. The van der Waals surface area contributed by atoms with E-state index in [1.807, 2.05) is 30.3 Å². The van der Waals surface area contributed by atoms with E-state index >= 15 is 0 Å². The molecule has 4 heteroatoms. The lowest BCUT2D eigenvalue weighted by atomic mass is 10.3. The third-order valence-electron chi connectivity index (χ3n) is 1.51. The predicted molar refractivity (Wildman–Crippen MR) is 48.8 cm³/mol. The maximum atomic E-state index is 12.6. The molecule has 0 saturated carbocycles. The standard InChI is InChI=1S/C8H7FN2S/c9-8-6-11(10-12-8)7-4-2-1-3-5-7/h1-6,10H. The first-order valence-corrected chi connectivity index (χ1v) is 4.32. The maximum Gasteiger partial charge on any atom is 0.190 e. The first kappa shape index (κ1) is 7.64. The molecule has 0 radical (unpaired) electrons. The zero-order valence-electron chi connectivity index (χ0n) is 6.20. The molecule has 0 unspecified atom stereocenters. The molecule has 1 aliphatic rings. The van der Waals surface area contributed by atoms with Crippen molar-refractivity contribution < 1.29 is 4.39 Å². The largest absolute Gasteiger partial charge is 0.271 e. The zero-order chi connectivity index (χ0) is 8.39. The van der Waals surface area contributed by atoms with Gasteiger partial charge in [-0.2, -0.15) is 9.22 Å². The Morgan fingerprint density at radius 1 is 1.25 bits per heavy atom. The first-order valence-electron chi connectivity index (χ1n) is 3.50. The summed E-state index contributed by atoms with van der Waals surface area (Å²) >= 11 is 0.971. The van der Waals surface area contributed by atoms with E-state index in [9.17, 15) is 4.39 Å². The fourth-order valence-electron chi connectivity index (χ4n) is 0.963. The van der Waals surface area contributed by atoms with Crippen molar-refractivity contribution in [3.63, 3.8) is 0 Å². The minimum atomic E-state index is -0.223. The number of rotatable bonds is 1. The summed E-state index contributed by atoms with van der Waals surface area (Å²) in [6.45, 7) is 0. The van der Waals surface area contributed by atoms with Crippen LogP contribution in [0.4, 0.5) is 10.1 Å². The molecule has 12 heavy (non-hydrogen) atoms. The van der Waals surface area contributed by atoms with Crippen LogP contribution in [0.3, 0.4) is 0 Å². The van der Waals surface area contributed by atoms with Crippen molar-refractivity contribution in [1.82, 2.24) is 4.83 Å². The number of anilines is 1. The molecule has 2 nitrogen and oxygen atoms in total. The Balaban J connectivity index is 2.22. The van der Waals surface area contributed by atoms with Crippen LogP contribution in [0.15, 0.2) is 41.7 Å². The summed E-state index contributed by atoms with van der Waals surface area (Å²) in [4.78, 5) is 2.81. The molecule has 1 aliphatic heterocycles. The lowest BCUT2D eigenvalue weighted by Gasteiger charge is -2.13. The Hall–Kier alpha value is -1.00. The van der Waals surface area contributed by atoms with Gasteiger partial charge in [-0.05, 0) is 12.1 Å². The van der Waals surface area contributed by atoms with Crippen molar-refractivity contribution >= 4 is 17.6 Å². The van der Waals surface area contributed by atoms with Crippen LogP contribution in [0.1, 0.15) is 0 Å². The van der Waals surface area contributed by atoms with E-state index in [2.05, 4.69) is 4.83 Å². The van der Waals surface area contributed by atoms with Gasteiger partial charge in [0.05, 0.1) is 11.9 Å². The molecule has 1 heterocycles. The summed E-state index contributed by atoms with van der Waals surface area (Å²) < 4.78 is 12.6. The van der Waals surface area contributed by atoms with Crippen molar-refractivity contribution in [2.24, 2.45) is 0 Å². The molecule has 1 aromatic rings. The van der Waals surface area contributed by atoms with Crippen molar-refractivity contribution in [3.05, 3.63) is 41.7 Å². The van der Waals surface area contributed by atoms with Crippen LogP contribution in [0.2, 0.25) is 0 Å². The Bertz CT molecular complexity index is 299. The van der Waals surface area contributed by atoms with Crippen LogP contribution < -0.4 is 9.84 Å². The maximum absolute atomic E-state index is 12.6. The highest BCUT2D eigenvalue weighted by Gasteiger charge is 2.12. The normalized spacial score (nSPS) is 16.4. The van der Waals surface area contributed by atoms with E-state index in [0.717, 1.165) is 17.6 Å². The van der Waals surface area contributed by atoms with Gasteiger partial charge in [-0.3, -0.25) is 5.01 Å². The molecule has 0 aromatic heterocycles. The van der Waals surface area contributed by atoms with Crippen LogP contribution in [0.5, 0.6) is 0 Å². The van der Waals surface area contributed by atoms with Crippen molar-refractivity contribution in [2.45, 2.75) is 0 Å². The smallest absolute Gasteiger partial charge is 0.190 e. The highest BCUT2D eigenvalue weighted by atomic mass is 32.2. The average molecular weight is 182 g/mol. The molecule has 0 amide bonds. The highest BCUT2D eigenvalue weighted by molar-refractivity contribution is 8.01. The fourth-order valence-corrected chi connectivity index (χ4v) is 1.46. The molecule has 1 aromatic carbocycles. The minimum Gasteiger partial charge on any atom is -0.271 e. The van der Waals surface area contributed by atoms with Crippen molar-refractivity contribution in [2.75, 3.05) is 5.01 Å². The van der Waals surface area contributed by atoms with E-state index < -0.39 is 0 Å². The van der Waals surface area contributed by atoms with Gasteiger partial charge in [-0.15, -0.1) is 0 Å². The molecular weight excluding hydrogens is 175 g/mol. The Morgan fingerprint density at radius 2 is 2.00 bits per heavy atom. The van der Waals surface area contributed by atoms with Gasteiger partial charge in [-0.1, -0.05) is 18.2 Å². The van der Waals surface area contributed by atoms with Crippen LogP contribution in [-0.2, 0) is 0 Å². The van der Waals surface area contributed by atoms with Gasteiger partial charge >= 0.3 is 0 Å². The molecule has 0 fully saturated rings. The first-order chi connectivity index (χ1) is 5.86. The van der Waals surface area contributed by atoms with Crippen LogP contribution in [0.25, 0.3) is 0 Å². The molecule has 0 bridgehead atoms. The SMILES string of the molecule is FC1=CN(c2ccccc2)NS1. The van der Waals surface area contributed by atoms with Gasteiger partial charge in [0.1, 0.15) is 0 Å². The van der Waals surface area contributed by atoms with Crippen molar-refractivity contribution in [1.29, 1.82) is 0 Å². The minimum absolute atomic E-state index is 0.223. The van der Waals surface area contributed by atoms with Gasteiger partial charge in [0.2, 0.25) is 0 Å². The highest BCUT2D eigenvalue weighted by Crippen LogP contribution is 2.25. The van der Waals surface area contributed by atoms with E-state index in [0.29, 0.717) is 0 Å². The lowest BCUT2D eigenvalue weighted by molar-refractivity contribution is 0.699. The third-order valence-corrected chi connectivity index (χ3v) is 2.09. The Kier molecular flexibility index (Phi) is 2.01. The molecule has 0 saturated heterocycles. The second-order valence-electron chi connectivity index (χ2n) is 2.33.